The fourth-order valence-electron chi connectivity index (χ4n) is 1.26. The van der Waals surface area contributed by atoms with Crippen LogP contribution in [0.25, 0.3) is 0 Å². The van der Waals surface area contributed by atoms with Crippen molar-refractivity contribution in [2.75, 3.05) is 6.54 Å². The first-order valence-corrected chi connectivity index (χ1v) is 4.21. The molecule has 7 heteroatoms. The molecule has 1 rings (SSSR count). The first-order chi connectivity index (χ1) is 7.40. The van der Waals surface area contributed by atoms with Gasteiger partial charge in [-0.2, -0.15) is 0 Å². The van der Waals surface area contributed by atoms with Gasteiger partial charge in [0.1, 0.15) is 0 Å². The molecule has 0 heterocycles. The molecule has 16 heavy (non-hydrogen) atoms. The van der Waals surface area contributed by atoms with Crippen LogP contribution in [0.3, 0.4) is 0 Å². The summed E-state index contributed by atoms with van der Waals surface area (Å²) in [5.74, 6) is -9.21. The predicted octanol–water partition coefficient (Wildman–Crippen LogP) is 2.55. The Morgan fingerprint density at radius 1 is 1.00 bits per heavy atom. The van der Waals surface area contributed by atoms with Crippen LogP contribution in [0.1, 0.15) is 11.5 Å². The lowest BCUT2D eigenvalue weighted by Crippen LogP contribution is -2.23. The van der Waals surface area contributed by atoms with Crippen molar-refractivity contribution >= 4 is 0 Å². The average Bonchev–Trinajstić information content (AvgIpc) is 2.21. The van der Waals surface area contributed by atoms with E-state index in [1.54, 1.807) is 0 Å². The zero-order valence-corrected chi connectivity index (χ0v) is 7.78. The van der Waals surface area contributed by atoms with Gasteiger partial charge in [0.05, 0.1) is 5.92 Å². The van der Waals surface area contributed by atoms with Crippen molar-refractivity contribution in [1.29, 1.82) is 0 Å². The second kappa shape index (κ2) is 4.73. The molecule has 0 saturated heterocycles. The minimum Gasteiger partial charge on any atom is -0.330 e. The summed E-state index contributed by atoms with van der Waals surface area (Å²) >= 11 is 0. The van der Waals surface area contributed by atoms with Gasteiger partial charge in [0.15, 0.2) is 23.3 Å². The quantitative estimate of drug-likeness (QED) is 0.640. The number of hydrogen-bond donors (Lipinski definition) is 1. The van der Waals surface area contributed by atoms with E-state index >= 15 is 0 Å². The Kier molecular flexibility index (Phi) is 3.79. The summed E-state index contributed by atoms with van der Waals surface area (Å²) in [6.07, 6.45) is -3.21. The summed E-state index contributed by atoms with van der Waals surface area (Å²) in [7, 11) is 0. The highest BCUT2D eigenvalue weighted by Crippen LogP contribution is 2.30. The molecule has 1 nitrogen and oxygen atoms in total. The lowest BCUT2D eigenvalue weighted by Gasteiger charge is -2.16. The Morgan fingerprint density at radius 2 is 1.44 bits per heavy atom. The van der Waals surface area contributed by atoms with E-state index in [1.807, 2.05) is 0 Å². The van der Waals surface area contributed by atoms with E-state index in [2.05, 4.69) is 0 Å². The summed E-state index contributed by atoms with van der Waals surface area (Å²) in [6, 6.07) is -0.0484. The molecule has 90 valence electrons. The van der Waals surface area contributed by atoms with Crippen molar-refractivity contribution in [2.45, 2.75) is 12.3 Å². The summed E-state index contributed by atoms with van der Waals surface area (Å²) in [5, 5.41) is 0. The second-order valence-corrected chi connectivity index (χ2v) is 3.06. The molecule has 1 aromatic carbocycles. The summed E-state index contributed by atoms with van der Waals surface area (Å²) < 4.78 is 76.3. The summed E-state index contributed by atoms with van der Waals surface area (Å²) in [6.45, 7) is -0.825. The first kappa shape index (κ1) is 12.8. The number of hydrogen-bond acceptors (Lipinski definition) is 1. The van der Waals surface area contributed by atoms with E-state index in [0.29, 0.717) is 0 Å². The molecule has 0 aliphatic carbocycles. The van der Waals surface area contributed by atoms with Crippen LogP contribution in [-0.4, -0.2) is 13.0 Å². The monoisotopic (exact) mass is 243 g/mol. The molecule has 1 atom stereocenters. The fourth-order valence-corrected chi connectivity index (χ4v) is 1.26. The lowest BCUT2D eigenvalue weighted by molar-refractivity contribution is 0.113. The van der Waals surface area contributed by atoms with E-state index in [0.717, 1.165) is 0 Å². The molecule has 0 radical (unpaired) electrons. The highest BCUT2D eigenvalue weighted by atomic mass is 19.3. The Hall–Kier alpha value is -1.24. The van der Waals surface area contributed by atoms with Gasteiger partial charge in [0, 0.05) is 18.2 Å². The first-order valence-electron chi connectivity index (χ1n) is 4.21. The third-order valence-electron chi connectivity index (χ3n) is 2.07. The lowest BCUT2D eigenvalue weighted by atomic mass is 9.98. The number of rotatable bonds is 3. The molecule has 0 amide bonds. The van der Waals surface area contributed by atoms with Crippen molar-refractivity contribution < 1.29 is 26.3 Å². The Balaban J connectivity index is 3.41. The predicted molar refractivity (Wildman–Crippen MR) is 44.1 cm³/mol. The number of alkyl halides is 2. The highest BCUT2D eigenvalue weighted by Gasteiger charge is 2.31. The van der Waals surface area contributed by atoms with Gasteiger partial charge in [-0.25, -0.2) is 26.3 Å². The topological polar surface area (TPSA) is 26.0 Å². The van der Waals surface area contributed by atoms with Crippen LogP contribution in [0.4, 0.5) is 26.3 Å². The Morgan fingerprint density at radius 3 is 1.75 bits per heavy atom. The molecular weight excluding hydrogens is 236 g/mol. The average molecular weight is 243 g/mol. The normalized spacial score (nSPS) is 13.2. The SMILES string of the molecule is NCC(c1c(F)c(F)cc(F)c1F)C(F)F. The fraction of sp³-hybridized carbons (Fsp3) is 0.333. The van der Waals surface area contributed by atoms with Gasteiger partial charge in [-0.15, -0.1) is 0 Å². The largest absolute Gasteiger partial charge is 0.330 e. The van der Waals surface area contributed by atoms with E-state index < -0.39 is 47.7 Å². The maximum atomic E-state index is 13.1. The third kappa shape index (κ3) is 2.13. The van der Waals surface area contributed by atoms with Crippen LogP contribution in [0.2, 0.25) is 0 Å². The molecule has 2 N–H and O–H groups in total. The molecule has 1 unspecified atom stereocenters. The summed E-state index contributed by atoms with van der Waals surface area (Å²) in [4.78, 5) is 0. The van der Waals surface area contributed by atoms with E-state index in [1.165, 1.54) is 0 Å². The zero-order valence-electron chi connectivity index (χ0n) is 7.78. The van der Waals surface area contributed by atoms with E-state index in [4.69, 9.17) is 5.73 Å². The van der Waals surface area contributed by atoms with Gasteiger partial charge in [-0.1, -0.05) is 0 Å². The van der Waals surface area contributed by atoms with Crippen molar-refractivity contribution in [3.8, 4) is 0 Å². The number of nitrogens with two attached hydrogens (primary N) is 1. The van der Waals surface area contributed by atoms with Gasteiger partial charge in [0.2, 0.25) is 6.43 Å². The smallest absolute Gasteiger partial charge is 0.246 e. The minimum absolute atomic E-state index is 0.0484. The molecular formula is C9H7F6N. The highest BCUT2D eigenvalue weighted by molar-refractivity contribution is 5.27. The molecule has 1 aromatic rings. The molecule has 0 fully saturated rings. The number of halogens is 6. The maximum absolute atomic E-state index is 13.1. The second-order valence-electron chi connectivity index (χ2n) is 3.06. The van der Waals surface area contributed by atoms with Crippen molar-refractivity contribution in [3.63, 3.8) is 0 Å². The van der Waals surface area contributed by atoms with Crippen LogP contribution in [0.5, 0.6) is 0 Å². The van der Waals surface area contributed by atoms with Crippen LogP contribution in [0, 0.1) is 23.3 Å². The van der Waals surface area contributed by atoms with E-state index in [-0.39, 0.29) is 6.07 Å². The molecule has 0 aliphatic rings. The van der Waals surface area contributed by atoms with Crippen molar-refractivity contribution in [2.24, 2.45) is 5.73 Å². The van der Waals surface area contributed by atoms with Crippen LogP contribution in [0.15, 0.2) is 6.07 Å². The molecule has 0 spiro atoms. The summed E-state index contributed by atoms with van der Waals surface area (Å²) in [5.41, 5.74) is 3.53. The standard InChI is InChI=1S/C9H7F6N/c10-4-1-5(11)8(13)6(7(4)12)3(2-16)9(14)15/h1,3,9H,2,16H2. The minimum atomic E-state index is -3.21. The molecule has 0 aromatic heterocycles. The molecule has 0 aliphatic heterocycles. The maximum Gasteiger partial charge on any atom is 0.246 e. The van der Waals surface area contributed by atoms with Crippen molar-refractivity contribution in [3.05, 3.63) is 34.9 Å². The van der Waals surface area contributed by atoms with E-state index in [9.17, 15) is 26.3 Å². The molecule has 0 bridgehead atoms. The third-order valence-corrected chi connectivity index (χ3v) is 2.07. The van der Waals surface area contributed by atoms with Gasteiger partial charge in [0.25, 0.3) is 0 Å². The number of benzene rings is 1. The molecule has 0 saturated carbocycles. The Labute approximate surface area is 86.9 Å². The van der Waals surface area contributed by atoms with Crippen LogP contribution in [-0.2, 0) is 0 Å². The van der Waals surface area contributed by atoms with Gasteiger partial charge in [-0.3, -0.25) is 0 Å². The van der Waals surface area contributed by atoms with Crippen molar-refractivity contribution in [1.82, 2.24) is 0 Å². The Bertz CT molecular complexity index is 366. The van der Waals surface area contributed by atoms with Gasteiger partial charge >= 0.3 is 0 Å². The van der Waals surface area contributed by atoms with Gasteiger partial charge < -0.3 is 5.73 Å². The van der Waals surface area contributed by atoms with Crippen LogP contribution < -0.4 is 5.73 Å². The zero-order chi connectivity index (χ0) is 12.5. The van der Waals surface area contributed by atoms with Crippen LogP contribution >= 0.6 is 0 Å². The van der Waals surface area contributed by atoms with Gasteiger partial charge in [-0.05, 0) is 0 Å².